The molecule has 0 saturated heterocycles. The minimum absolute atomic E-state index is 0.0236. The van der Waals surface area contributed by atoms with Crippen molar-refractivity contribution in [2.75, 3.05) is 7.05 Å². The second-order valence-electron chi connectivity index (χ2n) is 4.20. The van der Waals surface area contributed by atoms with Crippen molar-refractivity contribution >= 4 is 27.6 Å². The summed E-state index contributed by atoms with van der Waals surface area (Å²) in [5.41, 5.74) is -0.207. The maximum atomic E-state index is 12.2. The lowest BCUT2D eigenvalue weighted by atomic mass is 10.2. The highest BCUT2D eigenvalue weighted by Crippen LogP contribution is 2.31. The molecular formula is C11H12ClNO4S. The summed E-state index contributed by atoms with van der Waals surface area (Å²) in [6.07, 6.45) is 1.68. The van der Waals surface area contributed by atoms with Gasteiger partial charge in [-0.05, 0) is 31.0 Å². The van der Waals surface area contributed by atoms with Crippen LogP contribution in [0.2, 0.25) is 5.02 Å². The molecule has 1 aliphatic rings. The van der Waals surface area contributed by atoms with Crippen LogP contribution in [0.15, 0.2) is 23.1 Å². The molecular weight excluding hydrogens is 278 g/mol. The normalized spacial score (nSPS) is 15.9. The van der Waals surface area contributed by atoms with E-state index in [4.69, 9.17) is 16.7 Å². The molecule has 0 amide bonds. The molecule has 7 heteroatoms. The molecule has 2 rings (SSSR count). The first-order chi connectivity index (χ1) is 8.34. The molecule has 5 nitrogen and oxygen atoms in total. The topological polar surface area (TPSA) is 74.7 Å². The van der Waals surface area contributed by atoms with Crippen molar-refractivity contribution in [2.45, 2.75) is 23.8 Å². The van der Waals surface area contributed by atoms with E-state index >= 15 is 0 Å². The first-order valence-corrected chi connectivity index (χ1v) is 7.16. The molecule has 0 unspecified atom stereocenters. The van der Waals surface area contributed by atoms with Crippen LogP contribution in [0.3, 0.4) is 0 Å². The van der Waals surface area contributed by atoms with Gasteiger partial charge in [0.15, 0.2) is 0 Å². The van der Waals surface area contributed by atoms with Gasteiger partial charge in [-0.2, -0.15) is 4.31 Å². The lowest BCUT2D eigenvalue weighted by Gasteiger charge is -2.16. The highest BCUT2D eigenvalue weighted by molar-refractivity contribution is 7.89. The number of sulfonamides is 1. The predicted octanol–water partition coefficient (Wildman–Crippen LogP) is 1.82. The van der Waals surface area contributed by atoms with Gasteiger partial charge in [0.2, 0.25) is 10.0 Å². The van der Waals surface area contributed by atoms with Crippen LogP contribution in [-0.2, 0) is 10.0 Å². The molecule has 18 heavy (non-hydrogen) atoms. The van der Waals surface area contributed by atoms with E-state index in [1.165, 1.54) is 23.5 Å². The van der Waals surface area contributed by atoms with Gasteiger partial charge in [0.1, 0.15) is 0 Å². The molecule has 98 valence electrons. The largest absolute Gasteiger partial charge is 0.478 e. The van der Waals surface area contributed by atoms with E-state index in [9.17, 15) is 13.2 Å². The summed E-state index contributed by atoms with van der Waals surface area (Å²) < 4.78 is 25.7. The molecule has 0 atom stereocenters. The molecule has 0 spiro atoms. The number of rotatable bonds is 4. The van der Waals surface area contributed by atoms with Crippen LogP contribution in [0, 0.1) is 0 Å². The molecule has 1 saturated carbocycles. The molecule has 0 aromatic heterocycles. The summed E-state index contributed by atoms with van der Waals surface area (Å²) in [6, 6.07) is 3.74. The molecule has 0 radical (unpaired) electrons. The van der Waals surface area contributed by atoms with Crippen molar-refractivity contribution in [3.63, 3.8) is 0 Å². The monoisotopic (exact) mass is 289 g/mol. The first-order valence-electron chi connectivity index (χ1n) is 5.35. The standard InChI is InChI=1S/C11H12ClNO4S/c1-13(7-2-3-7)18(16,17)8-4-5-10(12)9(6-8)11(14)15/h4-7H,2-3H2,1H3,(H,14,15). The summed E-state index contributed by atoms with van der Waals surface area (Å²) >= 11 is 5.71. The van der Waals surface area contributed by atoms with Crippen molar-refractivity contribution < 1.29 is 18.3 Å². The van der Waals surface area contributed by atoms with E-state index in [0.717, 1.165) is 18.9 Å². The molecule has 0 bridgehead atoms. The van der Waals surface area contributed by atoms with Crippen LogP contribution >= 0.6 is 11.6 Å². The molecule has 1 aliphatic carbocycles. The number of carboxylic acid groups (broad SMARTS) is 1. The van der Waals surface area contributed by atoms with Crippen molar-refractivity contribution in [2.24, 2.45) is 0 Å². The quantitative estimate of drug-likeness (QED) is 0.917. The van der Waals surface area contributed by atoms with Gasteiger partial charge in [0.25, 0.3) is 0 Å². The van der Waals surface area contributed by atoms with Crippen molar-refractivity contribution in [3.8, 4) is 0 Å². The minimum Gasteiger partial charge on any atom is -0.478 e. The zero-order valence-corrected chi connectivity index (χ0v) is 11.2. The number of benzene rings is 1. The fraction of sp³-hybridized carbons (Fsp3) is 0.364. The summed E-state index contributed by atoms with van der Waals surface area (Å²) in [4.78, 5) is 10.9. The average Bonchev–Trinajstić information content (AvgIpc) is 3.11. The first kappa shape index (κ1) is 13.3. The van der Waals surface area contributed by atoms with E-state index < -0.39 is 16.0 Å². The summed E-state index contributed by atoms with van der Waals surface area (Å²) in [5, 5.41) is 8.95. The minimum atomic E-state index is -3.64. The van der Waals surface area contributed by atoms with E-state index in [0.29, 0.717) is 0 Å². The Hall–Kier alpha value is -1.11. The second-order valence-corrected chi connectivity index (χ2v) is 6.60. The Morgan fingerprint density at radius 3 is 2.56 bits per heavy atom. The Morgan fingerprint density at radius 2 is 2.06 bits per heavy atom. The van der Waals surface area contributed by atoms with E-state index in [2.05, 4.69) is 0 Å². The Kier molecular flexibility index (Phi) is 3.35. The van der Waals surface area contributed by atoms with Crippen molar-refractivity contribution in [1.29, 1.82) is 0 Å². The van der Waals surface area contributed by atoms with Gasteiger partial charge in [-0.25, -0.2) is 13.2 Å². The van der Waals surface area contributed by atoms with Crippen LogP contribution in [0.5, 0.6) is 0 Å². The maximum Gasteiger partial charge on any atom is 0.337 e. The van der Waals surface area contributed by atoms with E-state index in [1.54, 1.807) is 0 Å². The van der Waals surface area contributed by atoms with Crippen LogP contribution in [0.4, 0.5) is 0 Å². The number of aromatic carboxylic acids is 1. The summed E-state index contributed by atoms with van der Waals surface area (Å²) in [5.74, 6) is -1.24. The second kappa shape index (κ2) is 4.53. The van der Waals surface area contributed by atoms with E-state index in [-0.39, 0.29) is 21.5 Å². The third-order valence-corrected chi connectivity index (χ3v) is 5.14. The zero-order chi connectivity index (χ0) is 13.5. The average molecular weight is 290 g/mol. The van der Waals surface area contributed by atoms with Gasteiger partial charge in [-0.3, -0.25) is 0 Å². The Labute approximate surface area is 110 Å². The van der Waals surface area contributed by atoms with Gasteiger partial charge in [0.05, 0.1) is 15.5 Å². The fourth-order valence-corrected chi connectivity index (χ4v) is 3.27. The van der Waals surface area contributed by atoms with Gasteiger partial charge >= 0.3 is 5.97 Å². The summed E-state index contributed by atoms with van der Waals surface area (Å²) in [7, 11) is -2.14. The van der Waals surface area contributed by atoms with Gasteiger partial charge in [-0.15, -0.1) is 0 Å². The van der Waals surface area contributed by atoms with Gasteiger partial charge < -0.3 is 5.11 Å². The lowest BCUT2D eigenvalue weighted by molar-refractivity contribution is 0.0697. The Balaban J connectivity index is 2.44. The lowest BCUT2D eigenvalue weighted by Crippen LogP contribution is -2.29. The highest BCUT2D eigenvalue weighted by atomic mass is 35.5. The van der Waals surface area contributed by atoms with Crippen LogP contribution in [-0.4, -0.2) is 36.9 Å². The number of hydrogen-bond donors (Lipinski definition) is 1. The molecule has 1 N–H and O–H groups in total. The molecule has 1 aromatic rings. The number of hydrogen-bond acceptors (Lipinski definition) is 3. The van der Waals surface area contributed by atoms with Crippen molar-refractivity contribution in [1.82, 2.24) is 4.31 Å². The third kappa shape index (κ3) is 2.36. The zero-order valence-electron chi connectivity index (χ0n) is 9.63. The number of carbonyl (C=O) groups is 1. The van der Waals surface area contributed by atoms with Crippen LogP contribution in [0.25, 0.3) is 0 Å². The van der Waals surface area contributed by atoms with Crippen LogP contribution in [0.1, 0.15) is 23.2 Å². The fourth-order valence-electron chi connectivity index (χ4n) is 1.63. The Bertz CT molecular complexity index is 595. The van der Waals surface area contributed by atoms with E-state index in [1.807, 2.05) is 0 Å². The predicted molar refractivity (Wildman–Crippen MR) is 66.4 cm³/mol. The number of carboxylic acids is 1. The van der Waals surface area contributed by atoms with Crippen LogP contribution < -0.4 is 0 Å². The van der Waals surface area contributed by atoms with Gasteiger partial charge in [-0.1, -0.05) is 11.6 Å². The molecule has 1 fully saturated rings. The van der Waals surface area contributed by atoms with Crippen molar-refractivity contribution in [3.05, 3.63) is 28.8 Å². The maximum absolute atomic E-state index is 12.2. The Morgan fingerprint density at radius 1 is 1.44 bits per heavy atom. The smallest absolute Gasteiger partial charge is 0.337 e. The number of nitrogens with zero attached hydrogens (tertiary/aromatic N) is 1. The highest BCUT2D eigenvalue weighted by Gasteiger charge is 2.35. The molecule has 0 heterocycles. The number of halogens is 1. The van der Waals surface area contributed by atoms with Gasteiger partial charge in [0, 0.05) is 13.1 Å². The summed E-state index contributed by atoms with van der Waals surface area (Å²) in [6.45, 7) is 0. The SMILES string of the molecule is CN(C1CC1)S(=O)(=O)c1ccc(Cl)c(C(=O)O)c1. The molecule has 1 aromatic carbocycles. The third-order valence-electron chi connectivity index (χ3n) is 2.91. The molecule has 0 aliphatic heterocycles.